The van der Waals surface area contributed by atoms with Gasteiger partial charge in [-0.05, 0) is 23.3 Å². The number of ether oxygens (including phenoxy) is 2. The number of aliphatic hydroxyl groups is 2. The number of nitrogens with one attached hydrogen (secondary N) is 1. The molecule has 2 atom stereocenters. The molecule has 2 heterocycles. The fourth-order valence-corrected chi connectivity index (χ4v) is 3.93. The van der Waals surface area contributed by atoms with Gasteiger partial charge in [-0.2, -0.15) is 0 Å². The van der Waals surface area contributed by atoms with Crippen molar-refractivity contribution in [1.29, 1.82) is 0 Å². The van der Waals surface area contributed by atoms with Crippen LogP contribution in [0.15, 0.2) is 24.3 Å². The highest BCUT2D eigenvalue weighted by Crippen LogP contribution is 2.35. The number of halogens is 2. The van der Waals surface area contributed by atoms with Gasteiger partial charge in [0.05, 0.1) is 19.3 Å². The summed E-state index contributed by atoms with van der Waals surface area (Å²) < 4.78 is 39.1. The first kappa shape index (κ1) is 19.1. The molecule has 28 heavy (non-hydrogen) atoms. The highest BCUT2D eigenvalue weighted by Gasteiger charge is 2.28. The summed E-state index contributed by atoms with van der Waals surface area (Å²) in [6.07, 6.45) is -1.72. The minimum absolute atomic E-state index is 0.101. The standard InChI is InChI=1S/C20H22F2N2O4/c1-27-18-4-13(21)2-12-8-24(9-17(26)20(12)18)10-28-14-3-11-6-23-7-16(25)19(11)15(22)5-14/h2-5,16-17,23,25-26H,6-10H2,1H3. The van der Waals surface area contributed by atoms with Gasteiger partial charge in [-0.1, -0.05) is 0 Å². The first-order chi connectivity index (χ1) is 13.5. The summed E-state index contributed by atoms with van der Waals surface area (Å²) in [5.74, 6) is -0.277. The summed E-state index contributed by atoms with van der Waals surface area (Å²) >= 11 is 0. The molecular weight excluding hydrogens is 370 g/mol. The topological polar surface area (TPSA) is 74.2 Å². The summed E-state index contributed by atoms with van der Waals surface area (Å²) in [4.78, 5) is 1.80. The summed E-state index contributed by atoms with van der Waals surface area (Å²) in [7, 11) is 1.44. The molecule has 2 unspecified atom stereocenters. The lowest BCUT2D eigenvalue weighted by atomic mass is 9.96. The number of methoxy groups -OCH3 is 1. The Hall–Kier alpha value is -2.26. The van der Waals surface area contributed by atoms with Gasteiger partial charge in [0.15, 0.2) is 0 Å². The van der Waals surface area contributed by atoms with E-state index in [1.54, 1.807) is 11.0 Å². The minimum Gasteiger partial charge on any atom is -0.496 e. The van der Waals surface area contributed by atoms with Crippen molar-refractivity contribution in [2.45, 2.75) is 25.3 Å². The molecule has 8 heteroatoms. The third-order valence-corrected chi connectivity index (χ3v) is 5.16. The third-order valence-electron chi connectivity index (χ3n) is 5.16. The zero-order chi connectivity index (χ0) is 19.8. The van der Waals surface area contributed by atoms with Crippen molar-refractivity contribution in [2.75, 3.05) is 26.9 Å². The molecule has 4 rings (SSSR count). The number of aliphatic hydroxyl groups excluding tert-OH is 2. The fraction of sp³-hybridized carbons (Fsp3) is 0.400. The second-order valence-electron chi connectivity index (χ2n) is 7.11. The van der Waals surface area contributed by atoms with E-state index in [-0.39, 0.29) is 13.3 Å². The molecular formula is C20H22F2N2O4. The van der Waals surface area contributed by atoms with Crippen LogP contribution in [0, 0.1) is 11.6 Å². The zero-order valence-corrected chi connectivity index (χ0v) is 15.4. The maximum atomic E-state index is 14.4. The third kappa shape index (κ3) is 3.56. The summed E-state index contributed by atoms with van der Waals surface area (Å²) in [6, 6.07) is 5.58. The van der Waals surface area contributed by atoms with E-state index in [1.807, 2.05) is 0 Å². The number of rotatable bonds is 4. The smallest absolute Gasteiger partial charge is 0.142 e. The molecule has 0 saturated heterocycles. The number of β-amino-alcohol motifs (C(OH)–C–C–N with tert-alkyl or cyclic N) is 2. The van der Waals surface area contributed by atoms with Gasteiger partial charge in [-0.25, -0.2) is 8.78 Å². The van der Waals surface area contributed by atoms with Crippen LogP contribution in [0.5, 0.6) is 11.5 Å². The van der Waals surface area contributed by atoms with Gasteiger partial charge in [-0.15, -0.1) is 0 Å². The van der Waals surface area contributed by atoms with E-state index in [9.17, 15) is 19.0 Å². The fourth-order valence-electron chi connectivity index (χ4n) is 3.93. The Labute approximate surface area is 161 Å². The van der Waals surface area contributed by atoms with Gasteiger partial charge < -0.3 is 25.0 Å². The largest absolute Gasteiger partial charge is 0.496 e. The van der Waals surface area contributed by atoms with Gasteiger partial charge in [0.2, 0.25) is 0 Å². The van der Waals surface area contributed by atoms with Crippen molar-refractivity contribution in [1.82, 2.24) is 10.2 Å². The van der Waals surface area contributed by atoms with Gasteiger partial charge in [-0.3, -0.25) is 4.90 Å². The first-order valence-corrected chi connectivity index (χ1v) is 9.07. The van der Waals surface area contributed by atoms with Crippen molar-refractivity contribution >= 4 is 0 Å². The van der Waals surface area contributed by atoms with E-state index < -0.39 is 23.8 Å². The van der Waals surface area contributed by atoms with E-state index in [2.05, 4.69) is 5.32 Å². The molecule has 2 aromatic carbocycles. The molecule has 0 radical (unpaired) electrons. The molecule has 0 spiro atoms. The number of hydrogen-bond acceptors (Lipinski definition) is 6. The lowest BCUT2D eigenvalue weighted by Crippen LogP contribution is -2.36. The van der Waals surface area contributed by atoms with Crippen LogP contribution >= 0.6 is 0 Å². The van der Waals surface area contributed by atoms with E-state index in [0.29, 0.717) is 53.4 Å². The predicted octanol–water partition coefficient (Wildman–Crippen LogP) is 2.00. The average molecular weight is 392 g/mol. The SMILES string of the molecule is COc1cc(F)cc2c1C(O)CN(COc1cc(F)c3c(c1)CNCC3O)C2. The van der Waals surface area contributed by atoms with Crippen LogP contribution in [0.4, 0.5) is 8.78 Å². The Bertz CT molecular complexity index is 893. The van der Waals surface area contributed by atoms with Gasteiger partial charge in [0, 0.05) is 49.4 Å². The molecule has 3 N–H and O–H groups in total. The number of nitrogens with zero attached hydrogens (tertiary/aromatic N) is 1. The Kier molecular flexibility index (Phi) is 5.20. The van der Waals surface area contributed by atoms with Crippen LogP contribution < -0.4 is 14.8 Å². The van der Waals surface area contributed by atoms with Crippen LogP contribution in [-0.4, -0.2) is 42.0 Å². The van der Waals surface area contributed by atoms with Crippen LogP contribution in [0.1, 0.15) is 34.5 Å². The predicted molar refractivity (Wildman–Crippen MR) is 96.9 cm³/mol. The molecule has 0 bridgehead atoms. The van der Waals surface area contributed by atoms with Crippen molar-refractivity contribution < 1.29 is 28.5 Å². The second-order valence-corrected chi connectivity index (χ2v) is 7.11. The molecule has 0 aliphatic carbocycles. The Morgan fingerprint density at radius 2 is 1.93 bits per heavy atom. The maximum Gasteiger partial charge on any atom is 0.142 e. The zero-order valence-electron chi connectivity index (χ0n) is 15.4. The van der Waals surface area contributed by atoms with E-state index in [4.69, 9.17) is 9.47 Å². The van der Waals surface area contributed by atoms with Gasteiger partial charge in [0.1, 0.15) is 29.9 Å². The second kappa shape index (κ2) is 7.63. The first-order valence-electron chi connectivity index (χ1n) is 9.07. The Morgan fingerprint density at radius 3 is 2.71 bits per heavy atom. The van der Waals surface area contributed by atoms with Crippen molar-refractivity contribution in [3.63, 3.8) is 0 Å². The van der Waals surface area contributed by atoms with E-state index in [1.165, 1.54) is 25.3 Å². The van der Waals surface area contributed by atoms with Crippen molar-refractivity contribution in [3.05, 3.63) is 58.2 Å². The molecule has 2 aliphatic heterocycles. The minimum atomic E-state index is -0.878. The lowest BCUT2D eigenvalue weighted by molar-refractivity contribution is 0.0419. The van der Waals surface area contributed by atoms with E-state index in [0.717, 1.165) is 0 Å². The monoisotopic (exact) mass is 392 g/mol. The highest BCUT2D eigenvalue weighted by atomic mass is 19.1. The number of hydrogen-bond donors (Lipinski definition) is 3. The molecule has 0 saturated carbocycles. The summed E-state index contributed by atoms with van der Waals surface area (Å²) in [6.45, 7) is 1.52. The average Bonchev–Trinajstić information content (AvgIpc) is 2.65. The van der Waals surface area contributed by atoms with E-state index >= 15 is 0 Å². The molecule has 2 aromatic rings. The lowest BCUT2D eigenvalue weighted by Gasteiger charge is -2.33. The quantitative estimate of drug-likeness (QED) is 0.739. The normalized spacial score (nSPS) is 21.8. The Balaban J connectivity index is 1.49. The van der Waals surface area contributed by atoms with Crippen LogP contribution in [0.3, 0.4) is 0 Å². The molecule has 0 aromatic heterocycles. The van der Waals surface area contributed by atoms with Gasteiger partial charge in [0.25, 0.3) is 0 Å². The molecule has 0 amide bonds. The molecule has 0 fully saturated rings. The number of benzene rings is 2. The van der Waals surface area contributed by atoms with Crippen LogP contribution in [0.2, 0.25) is 0 Å². The summed E-state index contributed by atoms with van der Waals surface area (Å²) in [5, 5.41) is 23.4. The molecule has 150 valence electrons. The molecule has 2 aliphatic rings. The van der Waals surface area contributed by atoms with Crippen LogP contribution in [-0.2, 0) is 13.1 Å². The van der Waals surface area contributed by atoms with Crippen LogP contribution in [0.25, 0.3) is 0 Å². The van der Waals surface area contributed by atoms with Gasteiger partial charge >= 0.3 is 0 Å². The number of fused-ring (bicyclic) bond motifs is 2. The maximum absolute atomic E-state index is 14.4. The Morgan fingerprint density at radius 1 is 1.11 bits per heavy atom. The highest BCUT2D eigenvalue weighted by molar-refractivity contribution is 5.44. The summed E-state index contributed by atoms with van der Waals surface area (Å²) in [5.41, 5.74) is 2.17. The van der Waals surface area contributed by atoms with Crippen molar-refractivity contribution in [3.8, 4) is 11.5 Å². The molecule has 6 nitrogen and oxygen atoms in total. The van der Waals surface area contributed by atoms with Crippen molar-refractivity contribution in [2.24, 2.45) is 0 Å².